The number of hydrogen-bond donors (Lipinski definition) is 1. The molecule has 3 atom stereocenters. The third-order valence-electron chi connectivity index (χ3n) is 3.88. The zero-order valence-electron chi connectivity index (χ0n) is 8.84. The third-order valence-corrected chi connectivity index (χ3v) is 3.88. The largest absolute Gasteiger partial charge is 0.316 e. The van der Waals surface area contributed by atoms with Gasteiger partial charge in [0, 0.05) is 6.04 Å². The van der Waals surface area contributed by atoms with E-state index in [0.717, 1.165) is 17.8 Å². The number of nitrogens with one attached hydrogen (secondary N) is 1. The molecule has 2 aliphatic rings. The van der Waals surface area contributed by atoms with Crippen LogP contribution >= 0.6 is 0 Å². The molecule has 0 heterocycles. The van der Waals surface area contributed by atoms with E-state index < -0.39 is 0 Å². The molecular weight excluding hydrogens is 158 g/mol. The van der Waals surface area contributed by atoms with Gasteiger partial charge in [-0.1, -0.05) is 12.0 Å². The van der Waals surface area contributed by atoms with Crippen LogP contribution in [0, 0.1) is 17.8 Å². The van der Waals surface area contributed by atoms with E-state index in [1.165, 1.54) is 31.3 Å². The van der Waals surface area contributed by atoms with Crippen LogP contribution in [0.3, 0.4) is 0 Å². The van der Waals surface area contributed by atoms with Crippen molar-refractivity contribution in [1.29, 1.82) is 0 Å². The van der Waals surface area contributed by atoms with Crippen molar-refractivity contribution in [3.8, 4) is 0 Å². The highest BCUT2D eigenvalue weighted by Gasteiger charge is 2.55. The van der Waals surface area contributed by atoms with Gasteiger partial charge >= 0.3 is 0 Å². The number of fused-ring (bicyclic) bond motifs is 1. The second-order valence-electron chi connectivity index (χ2n) is 4.89. The van der Waals surface area contributed by atoms with Crippen LogP contribution in [-0.4, -0.2) is 13.1 Å². The first-order valence-electron chi connectivity index (χ1n) is 5.55. The molecule has 2 saturated carbocycles. The van der Waals surface area contributed by atoms with Crippen molar-refractivity contribution in [2.24, 2.45) is 17.8 Å². The maximum absolute atomic E-state index is 4.01. The molecule has 0 saturated heterocycles. The molecule has 0 radical (unpaired) electrons. The van der Waals surface area contributed by atoms with Crippen LogP contribution in [0.15, 0.2) is 12.2 Å². The van der Waals surface area contributed by atoms with E-state index in [9.17, 15) is 0 Å². The third kappa shape index (κ3) is 1.67. The maximum Gasteiger partial charge on any atom is 0.0135 e. The fourth-order valence-electron chi connectivity index (χ4n) is 3.28. The molecule has 1 nitrogen and oxygen atoms in total. The van der Waals surface area contributed by atoms with Gasteiger partial charge < -0.3 is 5.32 Å². The van der Waals surface area contributed by atoms with E-state index in [1.807, 2.05) is 0 Å². The molecule has 1 heteroatoms. The zero-order valence-corrected chi connectivity index (χ0v) is 8.84. The summed E-state index contributed by atoms with van der Waals surface area (Å²) in [5, 5.41) is 3.46. The Morgan fingerprint density at radius 1 is 1.46 bits per heavy atom. The van der Waals surface area contributed by atoms with Crippen LogP contribution in [0.1, 0.15) is 32.6 Å². The highest BCUT2D eigenvalue weighted by atomic mass is 14.9. The van der Waals surface area contributed by atoms with E-state index in [-0.39, 0.29) is 0 Å². The molecule has 1 N–H and O–H groups in total. The van der Waals surface area contributed by atoms with Crippen molar-refractivity contribution >= 4 is 0 Å². The minimum Gasteiger partial charge on any atom is -0.316 e. The van der Waals surface area contributed by atoms with Crippen molar-refractivity contribution in [2.75, 3.05) is 7.05 Å². The van der Waals surface area contributed by atoms with Gasteiger partial charge in [-0.05, 0) is 51.0 Å². The molecule has 2 rings (SSSR count). The first kappa shape index (κ1) is 9.26. The lowest BCUT2D eigenvalue weighted by molar-refractivity contribution is 0.428. The predicted octanol–water partition coefficient (Wildman–Crippen LogP) is 2.59. The molecule has 0 aromatic heterocycles. The van der Waals surface area contributed by atoms with Crippen LogP contribution in [-0.2, 0) is 0 Å². The van der Waals surface area contributed by atoms with Crippen LogP contribution in [0.25, 0.3) is 0 Å². The Hall–Kier alpha value is -0.300. The van der Waals surface area contributed by atoms with Gasteiger partial charge in [-0.3, -0.25) is 0 Å². The highest BCUT2D eigenvalue weighted by Crippen LogP contribution is 2.59. The maximum atomic E-state index is 4.01. The molecule has 2 aliphatic carbocycles. The summed E-state index contributed by atoms with van der Waals surface area (Å²) in [6.07, 6.45) is 5.64. The van der Waals surface area contributed by atoms with Crippen molar-refractivity contribution in [3.05, 3.63) is 12.2 Å². The van der Waals surface area contributed by atoms with Crippen molar-refractivity contribution < 1.29 is 0 Å². The summed E-state index contributed by atoms with van der Waals surface area (Å²) in [4.78, 5) is 0. The molecule has 0 amide bonds. The van der Waals surface area contributed by atoms with Gasteiger partial charge in [-0.25, -0.2) is 0 Å². The Balaban J connectivity index is 1.88. The monoisotopic (exact) mass is 179 g/mol. The van der Waals surface area contributed by atoms with Crippen molar-refractivity contribution in [3.63, 3.8) is 0 Å². The van der Waals surface area contributed by atoms with E-state index in [0.29, 0.717) is 6.04 Å². The van der Waals surface area contributed by atoms with Gasteiger partial charge in [-0.2, -0.15) is 0 Å². The minimum atomic E-state index is 0.716. The summed E-state index contributed by atoms with van der Waals surface area (Å²) in [5.41, 5.74) is 1.32. The van der Waals surface area contributed by atoms with Gasteiger partial charge in [0.05, 0.1) is 0 Å². The smallest absolute Gasteiger partial charge is 0.0135 e. The van der Waals surface area contributed by atoms with Crippen molar-refractivity contribution in [1.82, 2.24) is 5.32 Å². The first-order chi connectivity index (χ1) is 6.24. The molecule has 2 fully saturated rings. The minimum absolute atomic E-state index is 0.716. The summed E-state index contributed by atoms with van der Waals surface area (Å²) in [7, 11) is 2.10. The first-order valence-corrected chi connectivity index (χ1v) is 5.55. The van der Waals surface area contributed by atoms with Gasteiger partial charge in [-0.15, -0.1) is 6.58 Å². The lowest BCUT2D eigenvalue weighted by Gasteiger charge is -2.17. The highest BCUT2D eigenvalue weighted by molar-refractivity contribution is 5.09. The van der Waals surface area contributed by atoms with Gasteiger partial charge in [0.1, 0.15) is 0 Å². The second kappa shape index (κ2) is 3.45. The summed E-state index contributed by atoms with van der Waals surface area (Å²) in [5.74, 6) is 3.11. The van der Waals surface area contributed by atoms with Gasteiger partial charge in [0.2, 0.25) is 0 Å². The normalized spacial score (nSPS) is 38.5. The van der Waals surface area contributed by atoms with Crippen LogP contribution in [0.5, 0.6) is 0 Å². The molecule has 0 aliphatic heterocycles. The van der Waals surface area contributed by atoms with Gasteiger partial charge in [0.15, 0.2) is 0 Å². The SMILES string of the molecule is C=C(C)CC(NC)C1C2CCCC21. The average Bonchev–Trinajstić information content (AvgIpc) is 2.58. The molecular formula is C12H21N. The molecule has 0 aromatic carbocycles. The van der Waals surface area contributed by atoms with Crippen molar-refractivity contribution in [2.45, 2.75) is 38.6 Å². The number of hydrogen-bond acceptors (Lipinski definition) is 1. The molecule has 0 aromatic rings. The predicted molar refractivity (Wildman–Crippen MR) is 56.6 cm³/mol. The van der Waals surface area contributed by atoms with E-state index in [2.05, 4.69) is 25.9 Å². The summed E-state index contributed by atoms with van der Waals surface area (Å²) in [6.45, 7) is 6.15. The Kier molecular flexibility index (Phi) is 2.46. The van der Waals surface area contributed by atoms with E-state index >= 15 is 0 Å². The molecule has 74 valence electrons. The van der Waals surface area contributed by atoms with Crippen LogP contribution < -0.4 is 5.32 Å². The summed E-state index contributed by atoms with van der Waals surface area (Å²) >= 11 is 0. The summed E-state index contributed by atoms with van der Waals surface area (Å²) < 4.78 is 0. The zero-order chi connectivity index (χ0) is 9.42. The van der Waals surface area contributed by atoms with E-state index in [4.69, 9.17) is 0 Å². The molecule has 3 unspecified atom stereocenters. The average molecular weight is 179 g/mol. The van der Waals surface area contributed by atoms with Crippen LogP contribution in [0.4, 0.5) is 0 Å². The Morgan fingerprint density at radius 2 is 2.08 bits per heavy atom. The van der Waals surface area contributed by atoms with Gasteiger partial charge in [0.25, 0.3) is 0 Å². The lowest BCUT2D eigenvalue weighted by Crippen LogP contribution is -2.29. The molecule has 0 bridgehead atoms. The Bertz CT molecular complexity index is 199. The fraction of sp³-hybridized carbons (Fsp3) is 0.833. The standard InChI is InChI=1S/C12H21N/c1-8(2)7-11(13-3)12-9-5-4-6-10(9)12/h9-13H,1,4-7H2,2-3H3. The van der Waals surface area contributed by atoms with Crippen LogP contribution in [0.2, 0.25) is 0 Å². The fourth-order valence-corrected chi connectivity index (χ4v) is 3.28. The second-order valence-corrected chi connectivity index (χ2v) is 4.89. The van der Waals surface area contributed by atoms with E-state index in [1.54, 1.807) is 0 Å². The quantitative estimate of drug-likeness (QED) is 0.654. The summed E-state index contributed by atoms with van der Waals surface area (Å²) in [6, 6.07) is 0.716. The molecule has 0 spiro atoms. The molecule has 13 heavy (non-hydrogen) atoms. The Labute approximate surface area is 81.6 Å². The topological polar surface area (TPSA) is 12.0 Å². The Morgan fingerprint density at radius 3 is 2.54 bits per heavy atom. The lowest BCUT2D eigenvalue weighted by atomic mass is 9.98. The number of rotatable bonds is 4.